The van der Waals surface area contributed by atoms with Crippen molar-refractivity contribution < 1.29 is 4.42 Å². The molecule has 0 saturated carbocycles. The minimum absolute atomic E-state index is 0.648. The molecule has 11 aromatic rings. The Hall–Kier alpha value is -7.08. The monoisotopic (exact) mass is 721 g/mol. The van der Waals surface area contributed by atoms with E-state index in [2.05, 4.69) is 187 Å². The van der Waals surface area contributed by atoms with Crippen molar-refractivity contribution in [3.8, 4) is 33.8 Å². The average Bonchev–Trinajstić information content (AvgIpc) is 3.81. The summed E-state index contributed by atoms with van der Waals surface area (Å²) >= 11 is 1.74. The number of nitrogens with zero attached hydrogens (tertiary/aromatic N) is 3. The number of thiophene rings is 1. The second-order valence-electron chi connectivity index (χ2n) is 13.8. The third-order valence-corrected chi connectivity index (χ3v) is 11.6. The Kier molecular flexibility index (Phi) is 7.32. The van der Waals surface area contributed by atoms with Gasteiger partial charge in [0.25, 0.3) is 0 Å². The van der Waals surface area contributed by atoms with E-state index in [1.165, 1.54) is 4.70 Å². The molecular weight excluding hydrogens is 691 g/mol. The van der Waals surface area contributed by atoms with Crippen molar-refractivity contribution in [1.82, 2.24) is 9.97 Å². The lowest BCUT2D eigenvalue weighted by molar-refractivity contribution is 0.669. The van der Waals surface area contributed by atoms with Gasteiger partial charge in [0.2, 0.25) is 0 Å². The minimum Gasteiger partial charge on any atom is -0.456 e. The van der Waals surface area contributed by atoms with Crippen LogP contribution < -0.4 is 4.90 Å². The number of furan rings is 1. The maximum absolute atomic E-state index is 6.86. The van der Waals surface area contributed by atoms with E-state index in [1.54, 1.807) is 11.3 Å². The number of aromatic nitrogens is 2. The second-order valence-corrected chi connectivity index (χ2v) is 14.8. The van der Waals surface area contributed by atoms with Crippen molar-refractivity contribution in [3.63, 3.8) is 0 Å². The first-order valence-corrected chi connectivity index (χ1v) is 19.2. The molecule has 0 radical (unpaired) electrons. The van der Waals surface area contributed by atoms with E-state index in [-0.39, 0.29) is 0 Å². The van der Waals surface area contributed by atoms with Gasteiger partial charge < -0.3 is 9.32 Å². The van der Waals surface area contributed by atoms with Gasteiger partial charge in [-0.1, -0.05) is 133 Å². The molecule has 4 nitrogen and oxygen atoms in total. The molecular formula is C50H31N3OS. The zero-order valence-corrected chi connectivity index (χ0v) is 30.4. The summed E-state index contributed by atoms with van der Waals surface area (Å²) in [5.74, 6) is 0.648. The van der Waals surface area contributed by atoms with Crippen LogP contribution in [0.3, 0.4) is 0 Å². The smallest absolute Gasteiger partial charge is 0.160 e. The summed E-state index contributed by atoms with van der Waals surface area (Å²) in [5, 5.41) is 5.51. The topological polar surface area (TPSA) is 42.2 Å². The molecule has 0 saturated heterocycles. The predicted octanol–water partition coefficient (Wildman–Crippen LogP) is 14.4. The Morgan fingerprint density at radius 1 is 0.455 bits per heavy atom. The normalized spacial score (nSPS) is 11.6. The van der Waals surface area contributed by atoms with E-state index < -0.39 is 0 Å². The lowest BCUT2D eigenvalue weighted by atomic mass is 10.0. The van der Waals surface area contributed by atoms with Gasteiger partial charge >= 0.3 is 0 Å². The summed E-state index contributed by atoms with van der Waals surface area (Å²) in [4.78, 5) is 13.1. The standard InChI is InChI=1S/C50H31N3OS/c1-4-15-32(16-5-1)34-21-14-24-39(27-34)53(38-22-8-3-9-23-38)42-29-37(31-44-46(42)41-28-35-19-10-11-20-36(35)30-43(41)54-44)50-51-47(33-17-6-2-7-18-33)49-48(52-50)40-25-12-13-26-45(40)55-49/h1-31H. The van der Waals surface area contributed by atoms with E-state index in [9.17, 15) is 0 Å². The molecule has 0 spiro atoms. The van der Waals surface area contributed by atoms with Gasteiger partial charge in [-0.25, -0.2) is 9.97 Å². The van der Waals surface area contributed by atoms with Crippen LogP contribution >= 0.6 is 11.3 Å². The van der Waals surface area contributed by atoms with Crippen LogP contribution in [0.2, 0.25) is 0 Å². The quantitative estimate of drug-likeness (QED) is 0.171. The highest BCUT2D eigenvalue weighted by molar-refractivity contribution is 7.26. The summed E-state index contributed by atoms with van der Waals surface area (Å²) in [6.45, 7) is 0. The molecule has 11 rings (SSSR count). The number of hydrogen-bond donors (Lipinski definition) is 0. The molecule has 0 aliphatic rings. The van der Waals surface area contributed by atoms with E-state index >= 15 is 0 Å². The fourth-order valence-electron chi connectivity index (χ4n) is 7.85. The third kappa shape index (κ3) is 5.36. The number of fused-ring (bicyclic) bond motifs is 7. The highest BCUT2D eigenvalue weighted by Crippen LogP contribution is 2.47. The average molecular weight is 722 g/mol. The first kappa shape index (κ1) is 31.4. The van der Waals surface area contributed by atoms with Crippen molar-refractivity contribution in [1.29, 1.82) is 0 Å². The Bertz CT molecular complexity index is 3210. The second kappa shape index (κ2) is 12.8. The van der Waals surface area contributed by atoms with Crippen molar-refractivity contribution in [2.24, 2.45) is 0 Å². The van der Waals surface area contributed by atoms with E-state index in [1.807, 2.05) is 6.07 Å². The maximum atomic E-state index is 6.86. The van der Waals surface area contributed by atoms with Gasteiger partial charge in [0.15, 0.2) is 5.82 Å². The number of rotatable bonds is 6. The lowest BCUT2D eigenvalue weighted by Crippen LogP contribution is -2.11. The molecule has 0 fully saturated rings. The first-order chi connectivity index (χ1) is 27.2. The van der Waals surface area contributed by atoms with Crippen LogP contribution in [0.4, 0.5) is 17.1 Å². The summed E-state index contributed by atoms with van der Waals surface area (Å²) < 4.78 is 9.13. The van der Waals surface area contributed by atoms with E-state index in [0.717, 1.165) is 93.3 Å². The lowest BCUT2D eigenvalue weighted by Gasteiger charge is -2.27. The number of para-hydroxylation sites is 1. The van der Waals surface area contributed by atoms with E-state index in [4.69, 9.17) is 14.4 Å². The van der Waals surface area contributed by atoms with Gasteiger partial charge in [-0.15, -0.1) is 11.3 Å². The van der Waals surface area contributed by atoms with Crippen LogP contribution in [0.5, 0.6) is 0 Å². The van der Waals surface area contributed by atoms with Crippen LogP contribution in [-0.2, 0) is 0 Å². The molecule has 3 aromatic heterocycles. The van der Waals surface area contributed by atoms with Crippen molar-refractivity contribution in [2.45, 2.75) is 0 Å². The highest BCUT2D eigenvalue weighted by atomic mass is 32.1. The molecule has 0 aliphatic carbocycles. The van der Waals surface area contributed by atoms with Crippen LogP contribution in [0.15, 0.2) is 192 Å². The van der Waals surface area contributed by atoms with Gasteiger partial charge in [-0.3, -0.25) is 0 Å². The fraction of sp³-hybridized carbons (Fsp3) is 0. The van der Waals surface area contributed by atoms with Crippen molar-refractivity contribution in [3.05, 3.63) is 188 Å². The molecule has 3 heterocycles. The van der Waals surface area contributed by atoms with Gasteiger partial charge in [-0.2, -0.15) is 0 Å². The third-order valence-electron chi connectivity index (χ3n) is 10.4. The maximum Gasteiger partial charge on any atom is 0.160 e. The summed E-state index contributed by atoms with van der Waals surface area (Å²) in [6, 6.07) is 66.1. The highest BCUT2D eigenvalue weighted by Gasteiger charge is 2.24. The van der Waals surface area contributed by atoms with Crippen molar-refractivity contribution in [2.75, 3.05) is 4.90 Å². The van der Waals surface area contributed by atoms with Gasteiger partial charge in [0.05, 0.1) is 27.0 Å². The molecule has 55 heavy (non-hydrogen) atoms. The number of benzene rings is 8. The number of hydrogen-bond acceptors (Lipinski definition) is 5. The van der Waals surface area contributed by atoms with Gasteiger partial charge in [0.1, 0.15) is 11.2 Å². The Labute approximate surface area is 321 Å². The summed E-state index contributed by atoms with van der Waals surface area (Å²) in [5.41, 5.74) is 10.8. The SMILES string of the molecule is c1ccc(-c2cccc(N(c3ccccc3)c3cc(-c4nc(-c5ccccc5)c5sc6ccccc6c5n4)cc4oc5cc6ccccc6cc5c34)c2)cc1. The molecule has 258 valence electrons. The zero-order valence-electron chi connectivity index (χ0n) is 29.6. The summed E-state index contributed by atoms with van der Waals surface area (Å²) in [7, 11) is 0. The Morgan fingerprint density at radius 3 is 1.91 bits per heavy atom. The Morgan fingerprint density at radius 2 is 1.11 bits per heavy atom. The van der Waals surface area contributed by atoms with Gasteiger partial charge in [0, 0.05) is 38.0 Å². The molecule has 0 atom stereocenters. The van der Waals surface area contributed by atoms with Crippen LogP contribution in [-0.4, -0.2) is 9.97 Å². The first-order valence-electron chi connectivity index (χ1n) is 18.4. The fourth-order valence-corrected chi connectivity index (χ4v) is 9.00. The molecule has 0 aliphatic heterocycles. The van der Waals surface area contributed by atoms with Crippen LogP contribution in [0.25, 0.3) is 86.8 Å². The molecule has 0 N–H and O–H groups in total. The van der Waals surface area contributed by atoms with Crippen molar-refractivity contribution >= 4 is 81.4 Å². The predicted molar refractivity (Wildman–Crippen MR) is 231 cm³/mol. The van der Waals surface area contributed by atoms with E-state index in [0.29, 0.717) is 5.82 Å². The van der Waals surface area contributed by atoms with Gasteiger partial charge in [-0.05, 0) is 76.5 Å². The molecule has 8 aromatic carbocycles. The molecule has 5 heteroatoms. The Balaban J connectivity index is 1.23. The zero-order chi connectivity index (χ0) is 36.3. The minimum atomic E-state index is 0.648. The van der Waals surface area contributed by atoms with Crippen LogP contribution in [0, 0.1) is 0 Å². The summed E-state index contributed by atoms with van der Waals surface area (Å²) in [6.07, 6.45) is 0. The molecule has 0 amide bonds. The molecule has 0 bridgehead atoms. The number of anilines is 3. The van der Waals surface area contributed by atoms with Crippen LogP contribution in [0.1, 0.15) is 0 Å². The molecule has 0 unspecified atom stereocenters. The largest absolute Gasteiger partial charge is 0.456 e.